The Balaban J connectivity index is 1.87. The molecular formula is C16H18N4O2S. The molecule has 2 rings (SSSR count). The Morgan fingerprint density at radius 2 is 2.13 bits per heavy atom. The minimum absolute atomic E-state index is 0.125. The summed E-state index contributed by atoms with van der Waals surface area (Å²) in [4.78, 5) is 30.5. The zero-order valence-corrected chi connectivity index (χ0v) is 13.8. The summed E-state index contributed by atoms with van der Waals surface area (Å²) >= 11 is 1.17. The fourth-order valence-electron chi connectivity index (χ4n) is 1.95. The summed E-state index contributed by atoms with van der Waals surface area (Å²) in [5, 5.41) is 4.32. The predicted molar refractivity (Wildman–Crippen MR) is 91.9 cm³/mol. The lowest BCUT2D eigenvalue weighted by Crippen LogP contribution is -2.21. The number of aromatic amines is 1. The Bertz CT molecular complexity index is 756. The van der Waals surface area contributed by atoms with Gasteiger partial charge in [0.1, 0.15) is 0 Å². The molecule has 0 atom stereocenters. The average molecular weight is 330 g/mol. The number of rotatable bonds is 6. The van der Waals surface area contributed by atoms with Crippen molar-refractivity contribution in [3.8, 4) is 0 Å². The fourth-order valence-corrected chi connectivity index (χ4v) is 2.65. The van der Waals surface area contributed by atoms with Gasteiger partial charge in [-0.05, 0) is 18.9 Å². The summed E-state index contributed by atoms with van der Waals surface area (Å²) in [6.45, 7) is 3.70. The lowest BCUT2D eigenvalue weighted by molar-refractivity contribution is -0.118. The zero-order valence-electron chi connectivity index (χ0n) is 13.0. The van der Waals surface area contributed by atoms with Crippen molar-refractivity contribution in [3.63, 3.8) is 0 Å². The molecule has 1 amide bonds. The number of carbonyl (C=O) groups excluding carboxylic acids is 1. The van der Waals surface area contributed by atoms with Crippen molar-refractivity contribution in [3.05, 3.63) is 57.5 Å². The van der Waals surface area contributed by atoms with E-state index in [1.807, 2.05) is 37.3 Å². The standard InChI is InChI=1S/C16H18N4O2S/c1-3-13-11(2)18-16(19-15(13)22)23-10-14(21)20-17-9-12-7-5-4-6-8-12/h4-9H,3,10H2,1-2H3,(H,20,21)(H,18,19,22). The molecule has 23 heavy (non-hydrogen) atoms. The van der Waals surface area contributed by atoms with E-state index < -0.39 is 0 Å². The van der Waals surface area contributed by atoms with Gasteiger partial charge in [0.15, 0.2) is 5.16 Å². The van der Waals surface area contributed by atoms with Crippen LogP contribution in [0.1, 0.15) is 23.7 Å². The van der Waals surface area contributed by atoms with Crippen LogP contribution in [0.4, 0.5) is 0 Å². The first kappa shape index (κ1) is 17.0. The highest BCUT2D eigenvalue weighted by atomic mass is 32.2. The molecule has 1 aromatic carbocycles. The molecule has 0 radical (unpaired) electrons. The summed E-state index contributed by atoms with van der Waals surface area (Å²) in [6.07, 6.45) is 2.21. The predicted octanol–water partition coefficient (Wildman–Crippen LogP) is 1.88. The van der Waals surface area contributed by atoms with Gasteiger partial charge in [-0.1, -0.05) is 49.0 Å². The van der Waals surface area contributed by atoms with Crippen molar-refractivity contribution in [2.24, 2.45) is 5.10 Å². The summed E-state index contributed by atoms with van der Waals surface area (Å²) in [5.41, 5.74) is 4.56. The second-order valence-electron chi connectivity index (χ2n) is 4.78. The molecule has 0 aliphatic carbocycles. The second-order valence-corrected chi connectivity index (χ2v) is 5.75. The van der Waals surface area contributed by atoms with Crippen LogP contribution in [-0.4, -0.2) is 27.8 Å². The number of carbonyl (C=O) groups is 1. The molecule has 0 saturated carbocycles. The molecule has 1 aromatic heterocycles. The largest absolute Gasteiger partial charge is 0.301 e. The van der Waals surface area contributed by atoms with Crippen LogP contribution in [0, 0.1) is 6.92 Å². The summed E-state index contributed by atoms with van der Waals surface area (Å²) in [7, 11) is 0. The SMILES string of the molecule is CCc1c(C)nc(SCC(=O)NN=Cc2ccccc2)[nH]c1=O. The van der Waals surface area contributed by atoms with E-state index >= 15 is 0 Å². The van der Waals surface area contributed by atoms with E-state index in [1.165, 1.54) is 11.8 Å². The van der Waals surface area contributed by atoms with Crippen LogP contribution in [0.25, 0.3) is 0 Å². The Morgan fingerprint density at radius 1 is 1.39 bits per heavy atom. The van der Waals surface area contributed by atoms with Crippen molar-refractivity contribution < 1.29 is 4.79 Å². The number of benzene rings is 1. The van der Waals surface area contributed by atoms with E-state index in [0.29, 0.717) is 22.8 Å². The number of aryl methyl sites for hydroxylation is 1. The lowest BCUT2D eigenvalue weighted by atomic mass is 10.2. The van der Waals surface area contributed by atoms with Crippen molar-refractivity contribution in [2.75, 3.05) is 5.75 Å². The van der Waals surface area contributed by atoms with Crippen LogP contribution in [0.5, 0.6) is 0 Å². The number of nitrogens with zero attached hydrogens (tertiary/aromatic N) is 2. The molecule has 2 aromatic rings. The smallest absolute Gasteiger partial charge is 0.254 e. The third kappa shape index (κ3) is 5.07. The molecule has 0 bridgehead atoms. The number of amides is 1. The normalized spacial score (nSPS) is 10.9. The molecule has 0 aliphatic rings. The first-order chi connectivity index (χ1) is 11.1. The van der Waals surface area contributed by atoms with E-state index in [4.69, 9.17) is 0 Å². The highest BCUT2D eigenvalue weighted by Crippen LogP contribution is 2.12. The topological polar surface area (TPSA) is 87.2 Å². The molecule has 120 valence electrons. The zero-order chi connectivity index (χ0) is 16.7. The van der Waals surface area contributed by atoms with Crippen LogP contribution in [0.15, 0.2) is 45.4 Å². The molecule has 7 heteroatoms. The number of H-pyrrole nitrogens is 1. The van der Waals surface area contributed by atoms with E-state index in [0.717, 1.165) is 5.56 Å². The van der Waals surface area contributed by atoms with Gasteiger partial charge in [-0.3, -0.25) is 9.59 Å². The van der Waals surface area contributed by atoms with E-state index in [2.05, 4.69) is 20.5 Å². The van der Waals surface area contributed by atoms with Gasteiger partial charge < -0.3 is 4.98 Å². The highest BCUT2D eigenvalue weighted by Gasteiger charge is 2.08. The third-order valence-corrected chi connectivity index (χ3v) is 3.97. The molecule has 2 N–H and O–H groups in total. The van der Waals surface area contributed by atoms with Crippen LogP contribution in [-0.2, 0) is 11.2 Å². The van der Waals surface area contributed by atoms with Gasteiger partial charge in [0, 0.05) is 11.3 Å². The monoisotopic (exact) mass is 330 g/mol. The van der Waals surface area contributed by atoms with Crippen molar-refractivity contribution in [1.82, 2.24) is 15.4 Å². The molecule has 0 unspecified atom stereocenters. The van der Waals surface area contributed by atoms with E-state index in [9.17, 15) is 9.59 Å². The maximum atomic E-state index is 11.8. The van der Waals surface area contributed by atoms with E-state index in [1.54, 1.807) is 13.1 Å². The fraction of sp³-hybridized carbons (Fsp3) is 0.250. The number of hydrogen-bond acceptors (Lipinski definition) is 5. The first-order valence-corrected chi connectivity index (χ1v) is 8.18. The van der Waals surface area contributed by atoms with Gasteiger partial charge >= 0.3 is 0 Å². The maximum Gasteiger partial charge on any atom is 0.254 e. The molecular weight excluding hydrogens is 312 g/mol. The van der Waals surface area contributed by atoms with Gasteiger partial charge in [-0.15, -0.1) is 0 Å². The third-order valence-electron chi connectivity index (χ3n) is 3.10. The second kappa shape index (κ2) is 8.28. The molecule has 0 aliphatic heterocycles. The van der Waals surface area contributed by atoms with Crippen molar-refractivity contribution >= 4 is 23.9 Å². The number of thioether (sulfide) groups is 1. The van der Waals surface area contributed by atoms with Crippen molar-refractivity contribution in [2.45, 2.75) is 25.4 Å². The van der Waals surface area contributed by atoms with E-state index in [-0.39, 0.29) is 17.2 Å². The van der Waals surface area contributed by atoms with Gasteiger partial charge in [0.05, 0.1) is 12.0 Å². The molecule has 6 nitrogen and oxygen atoms in total. The Morgan fingerprint density at radius 3 is 2.78 bits per heavy atom. The minimum Gasteiger partial charge on any atom is -0.301 e. The highest BCUT2D eigenvalue weighted by molar-refractivity contribution is 7.99. The van der Waals surface area contributed by atoms with Gasteiger partial charge in [-0.2, -0.15) is 5.10 Å². The minimum atomic E-state index is -0.262. The Kier molecular flexibility index (Phi) is 6.10. The van der Waals surface area contributed by atoms with Crippen molar-refractivity contribution in [1.29, 1.82) is 0 Å². The van der Waals surface area contributed by atoms with Crippen LogP contribution < -0.4 is 11.0 Å². The van der Waals surface area contributed by atoms with Crippen LogP contribution in [0.2, 0.25) is 0 Å². The molecule has 0 spiro atoms. The summed E-state index contributed by atoms with van der Waals surface area (Å²) in [5.74, 6) is -0.137. The maximum absolute atomic E-state index is 11.8. The number of hydrogen-bond donors (Lipinski definition) is 2. The van der Waals surface area contributed by atoms with Gasteiger partial charge in [0.2, 0.25) is 0 Å². The Hall–Kier alpha value is -2.41. The first-order valence-electron chi connectivity index (χ1n) is 7.19. The number of hydrazone groups is 1. The average Bonchev–Trinajstić information content (AvgIpc) is 2.54. The van der Waals surface area contributed by atoms with Crippen LogP contribution >= 0.6 is 11.8 Å². The molecule has 0 saturated heterocycles. The summed E-state index contributed by atoms with van der Waals surface area (Å²) < 4.78 is 0. The molecule has 0 fully saturated rings. The molecule has 1 heterocycles. The number of nitrogens with one attached hydrogen (secondary N) is 2. The Labute approximate surface area is 138 Å². The number of aromatic nitrogens is 2. The van der Waals surface area contributed by atoms with Gasteiger partial charge in [-0.25, -0.2) is 10.4 Å². The quantitative estimate of drug-likeness (QED) is 0.366. The summed E-state index contributed by atoms with van der Waals surface area (Å²) in [6, 6.07) is 9.47. The lowest BCUT2D eigenvalue weighted by Gasteiger charge is -2.04. The van der Waals surface area contributed by atoms with Crippen LogP contribution in [0.3, 0.4) is 0 Å². The van der Waals surface area contributed by atoms with Gasteiger partial charge in [0.25, 0.3) is 11.5 Å².